The third kappa shape index (κ3) is 5.27. The highest BCUT2D eigenvalue weighted by Crippen LogP contribution is 2.35. The van der Waals surface area contributed by atoms with Crippen molar-refractivity contribution >= 4 is 11.9 Å². The van der Waals surface area contributed by atoms with E-state index in [1.165, 1.54) is 17.7 Å². The number of benzene rings is 1. The van der Waals surface area contributed by atoms with E-state index in [-0.39, 0.29) is 18.0 Å². The van der Waals surface area contributed by atoms with Gasteiger partial charge in [-0.3, -0.25) is 4.79 Å². The van der Waals surface area contributed by atoms with E-state index in [4.69, 9.17) is 0 Å². The van der Waals surface area contributed by atoms with E-state index in [2.05, 4.69) is 22.8 Å². The maximum Gasteiger partial charge on any atom is 0.315 e. The smallest absolute Gasteiger partial charge is 0.315 e. The van der Waals surface area contributed by atoms with Gasteiger partial charge in [0.05, 0.1) is 6.04 Å². The van der Waals surface area contributed by atoms with Crippen LogP contribution in [-0.2, 0) is 4.79 Å². The third-order valence-electron chi connectivity index (χ3n) is 4.44. The van der Waals surface area contributed by atoms with Gasteiger partial charge in [0.1, 0.15) is 0 Å². The molecule has 126 valence electrons. The van der Waals surface area contributed by atoms with Gasteiger partial charge in [0, 0.05) is 27.1 Å². The van der Waals surface area contributed by atoms with Crippen molar-refractivity contribution in [3.8, 4) is 0 Å². The highest BCUT2D eigenvalue weighted by Gasteiger charge is 2.27. The molecule has 0 heterocycles. The molecule has 1 atom stereocenters. The van der Waals surface area contributed by atoms with E-state index >= 15 is 0 Å². The average molecular weight is 317 g/mol. The Labute approximate surface area is 138 Å². The SMILES string of the molecule is CN(C)C(=O)CCNC(=O)N[C@@H](c1ccccc1)C1CCCC1. The van der Waals surface area contributed by atoms with Crippen LogP contribution in [0.25, 0.3) is 0 Å². The molecule has 0 radical (unpaired) electrons. The fourth-order valence-electron chi connectivity index (χ4n) is 3.12. The van der Waals surface area contributed by atoms with Crippen LogP contribution in [0.3, 0.4) is 0 Å². The van der Waals surface area contributed by atoms with Crippen molar-refractivity contribution in [2.24, 2.45) is 5.92 Å². The average Bonchev–Trinajstić information content (AvgIpc) is 3.07. The van der Waals surface area contributed by atoms with Crippen LogP contribution in [0.15, 0.2) is 30.3 Å². The van der Waals surface area contributed by atoms with Crippen molar-refractivity contribution in [2.75, 3.05) is 20.6 Å². The topological polar surface area (TPSA) is 61.4 Å². The van der Waals surface area contributed by atoms with Crippen molar-refractivity contribution in [2.45, 2.75) is 38.1 Å². The first-order chi connectivity index (χ1) is 11.1. The first-order valence-electron chi connectivity index (χ1n) is 8.37. The molecular formula is C18H27N3O2. The Kier molecular flexibility index (Phi) is 6.44. The summed E-state index contributed by atoms with van der Waals surface area (Å²) in [6.45, 7) is 0.356. The molecule has 3 amide bonds. The van der Waals surface area contributed by atoms with Crippen LogP contribution in [0.5, 0.6) is 0 Å². The summed E-state index contributed by atoms with van der Waals surface area (Å²) in [5, 5.41) is 5.90. The molecule has 0 bridgehead atoms. The van der Waals surface area contributed by atoms with Gasteiger partial charge >= 0.3 is 6.03 Å². The lowest BCUT2D eigenvalue weighted by molar-refractivity contribution is -0.128. The first-order valence-corrected chi connectivity index (χ1v) is 8.37. The van der Waals surface area contributed by atoms with Gasteiger partial charge in [0.15, 0.2) is 0 Å². The number of amides is 3. The summed E-state index contributed by atoms with van der Waals surface area (Å²) in [5.41, 5.74) is 1.15. The van der Waals surface area contributed by atoms with E-state index in [1.807, 2.05) is 18.2 Å². The van der Waals surface area contributed by atoms with Crippen LogP contribution in [0.4, 0.5) is 4.79 Å². The molecule has 0 aliphatic heterocycles. The Hall–Kier alpha value is -2.04. The second-order valence-corrected chi connectivity index (χ2v) is 6.37. The number of rotatable bonds is 6. The lowest BCUT2D eigenvalue weighted by Gasteiger charge is -2.25. The van der Waals surface area contributed by atoms with Gasteiger partial charge in [0.25, 0.3) is 0 Å². The van der Waals surface area contributed by atoms with E-state index in [9.17, 15) is 9.59 Å². The van der Waals surface area contributed by atoms with Crippen molar-refractivity contribution in [3.05, 3.63) is 35.9 Å². The zero-order valence-corrected chi connectivity index (χ0v) is 14.0. The molecule has 5 nitrogen and oxygen atoms in total. The maximum absolute atomic E-state index is 12.2. The normalized spacial score (nSPS) is 15.9. The van der Waals surface area contributed by atoms with E-state index < -0.39 is 0 Å². The summed E-state index contributed by atoms with van der Waals surface area (Å²) >= 11 is 0. The van der Waals surface area contributed by atoms with Gasteiger partial charge in [0.2, 0.25) is 5.91 Å². The van der Waals surface area contributed by atoms with Crippen LogP contribution in [0.1, 0.15) is 43.7 Å². The summed E-state index contributed by atoms with van der Waals surface area (Å²) in [7, 11) is 3.43. The highest BCUT2D eigenvalue weighted by atomic mass is 16.2. The van der Waals surface area contributed by atoms with Gasteiger partial charge in [-0.25, -0.2) is 4.79 Å². The number of nitrogens with one attached hydrogen (secondary N) is 2. The molecule has 0 aromatic heterocycles. The van der Waals surface area contributed by atoms with Crippen LogP contribution in [0.2, 0.25) is 0 Å². The molecule has 2 N–H and O–H groups in total. The van der Waals surface area contributed by atoms with Crippen molar-refractivity contribution in [3.63, 3.8) is 0 Å². The van der Waals surface area contributed by atoms with Crippen LogP contribution >= 0.6 is 0 Å². The monoisotopic (exact) mass is 317 g/mol. The van der Waals surface area contributed by atoms with Crippen molar-refractivity contribution < 1.29 is 9.59 Å². The third-order valence-corrected chi connectivity index (χ3v) is 4.44. The molecule has 0 unspecified atom stereocenters. The van der Waals surface area contributed by atoms with Crippen molar-refractivity contribution in [1.82, 2.24) is 15.5 Å². The maximum atomic E-state index is 12.2. The van der Waals surface area contributed by atoms with Gasteiger partial charge < -0.3 is 15.5 Å². The number of hydrogen-bond acceptors (Lipinski definition) is 2. The molecule has 1 aromatic carbocycles. The molecule has 1 saturated carbocycles. The van der Waals surface area contributed by atoms with Gasteiger partial charge in [-0.15, -0.1) is 0 Å². The Balaban J connectivity index is 1.90. The zero-order chi connectivity index (χ0) is 16.7. The minimum absolute atomic E-state index is 0.0145. The summed E-state index contributed by atoms with van der Waals surface area (Å²) in [5.74, 6) is 0.507. The van der Waals surface area contributed by atoms with Crippen molar-refractivity contribution in [1.29, 1.82) is 0 Å². The van der Waals surface area contributed by atoms with Crippen LogP contribution in [-0.4, -0.2) is 37.5 Å². The Morgan fingerprint density at radius 2 is 1.83 bits per heavy atom. The second-order valence-electron chi connectivity index (χ2n) is 6.37. The predicted octanol–water partition coefficient (Wildman–Crippen LogP) is 2.70. The summed E-state index contributed by atoms with van der Waals surface area (Å²) in [4.78, 5) is 25.3. The standard InChI is InChI=1S/C18H27N3O2/c1-21(2)16(22)12-13-19-18(23)20-17(15-10-6-7-11-15)14-8-4-3-5-9-14/h3-5,8-9,15,17H,6-7,10-13H2,1-2H3,(H2,19,20,23)/t17-/m0/s1. The number of urea groups is 1. The van der Waals surface area contributed by atoms with Crippen LogP contribution in [0, 0.1) is 5.92 Å². The molecule has 5 heteroatoms. The quantitative estimate of drug-likeness (QED) is 0.847. The minimum atomic E-state index is -0.197. The second kappa shape index (κ2) is 8.56. The molecule has 1 aromatic rings. The summed E-state index contributed by atoms with van der Waals surface area (Å²) in [6.07, 6.45) is 5.08. The van der Waals surface area contributed by atoms with E-state index in [0.29, 0.717) is 18.9 Å². The summed E-state index contributed by atoms with van der Waals surface area (Å²) < 4.78 is 0. The highest BCUT2D eigenvalue weighted by molar-refractivity contribution is 5.78. The molecule has 2 rings (SSSR count). The molecular weight excluding hydrogens is 290 g/mol. The molecule has 1 aliphatic rings. The fourth-order valence-corrected chi connectivity index (χ4v) is 3.12. The molecule has 0 saturated heterocycles. The fraction of sp³-hybridized carbons (Fsp3) is 0.556. The van der Waals surface area contributed by atoms with Gasteiger partial charge in [-0.05, 0) is 24.3 Å². The molecule has 1 aliphatic carbocycles. The Morgan fingerprint density at radius 3 is 2.43 bits per heavy atom. The largest absolute Gasteiger partial charge is 0.349 e. The van der Waals surface area contributed by atoms with Crippen LogP contribution < -0.4 is 10.6 Å². The predicted molar refractivity (Wildman–Crippen MR) is 91.0 cm³/mol. The number of carbonyl (C=O) groups excluding carboxylic acids is 2. The lowest BCUT2D eigenvalue weighted by Crippen LogP contribution is -2.41. The van der Waals surface area contributed by atoms with E-state index in [0.717, 1.165) is 18.4 Å². The van der Waals surface area contributed by atoms with E-state index in [1.54, 1.807) is 14.1 Å². The Bertz CT molecular complexity index is 510. The zero-order valence-electron chi connectivity index (χ0n) is 14.0. The van der Waals surface area contributed by atoms with Gasteiger partial charge in [-0.2, -0.15) is 0 Å². The minimum Gasteiger partial charge on any atom is -0.349 e. The molecule has 23 heavy (non-hydrogen) atoms. The number of hydrogen-bond donors (Lipinski definition) is 2. The molecule has 0 spiro atoms. The Morgan fingerprint density at radius 1 is 1.17 bits per heavy atom. The number of nitrogens with zero attached hydrogens (tertiary/aromatic N) is 1. The molecule has 1 fully saturated rings. The lowest BCUT2D eigenvalue weighted by atomic mass is 9.92. The first kappa shape index (κ1) is 17.3. The number of carbonyl (C=O) groups is 2. The van der Waals surface area contributed by atoms with Gasteiger partial charge in [-0.1, -0.05) is 43.2 Å². The summed E-state index contributed by atoms with van der Waals surface area (Å²) in [6, 6.07) is 9.99.